The molecule has 1 N–H and O–H groups in total. The van der Waals surface area contributed by atoms with Crippen molar-refractivity contribution in [3.8, 4) is 34.3 Å². The molecule has 3 heterocycles. The molecule has 1 aliphatic heterocycles. The number of rotatable bonds is 11. The summed E-state index contributed by atoms with van der Waals surface area (Å²) in [6.45, 7) is -2.13. The Morgan fingerprint density at radius 2 is 1.46 bits per heavy atom. The number of carbonyl (C=O) groups is 1. The van der Waals surface area contributed by atoms with Crippen LogP contribution >= 0.6 is 0 Å². The van der Waals surface area contributed by atoms with Crippen LogP contribution in [-0.2, 0) is 7.05 Å². The number of benzene rings is 2. The second kappa shape index (κ2) is 14.3. The lowest BCUT2D eigenvalue weighted by atomic mass is 10.1. The fraction of sp³-hybridized carbons (Fsp3) is 0.323. The normalized spacial score (nSPS) is 13.7. The highest BCUT2D eigenvalue weighted by Crippen LogP contribution is 2.35. The number of ether oxygens (including phenoxy) is 3. The monoisotopic (exact) mass is 680 g/mol. The van der Waals surface area contributed by atoms with Crippen LogP contribution in [0.1, 0.15) is 10.4 Å². The number of alkyl halides is 4. The van der Waals surface area contributed by atoms with Crippen molar-refractivity contribution in [2.24, 2.45) is 7.05 Å². The zero-order valence-electron chi connectivity index (χ0n) is 25.9. The highest BCUT2D eigenvalue weighted by atomic mass is 19.3. The van der Waals surface area contributed by atoms with Crippen molar-refractivity contribution >= 4 is 17.4 Å². The minimum absolute atomic E-state index is 0.0450. The van der Waals surface area contributed by atoms with Gasteiger partial charge in [-0.05, 0) is 24.3 Å². The molecule has 0 saturated carbocycles. The summed E-state index contributed by atoms with van der Waals surface area (Å²) in [5.74, 6) is -2.91. The summed E-state index contributed by atoms with van der Waals surface area (Å²) in [5.41, 5.74) is -2.56. The first kappa shape index (κ1) is 34.2. The number of carbonyl (C=O) groups excluding carboxylic acids is 1. The van der Waals surface area contributed by atoms with Gasteiger partial charge < -0.3 is 24.4 Å². The van der Waals surface area contributed by atoms with Crippen LogP contribution in [0.15, 0.2) is 53.3 Å². The van der Waals surface area contributed by atoms with Crippen LogP contribution in [0.2, 0.25) is 0 Å². The van der Waals surface area contributed by atoms with Crippen molar-refractivity contribution in [3.05, 3.63) is 76.1 Å². The highest BCUT2D eigenvalue weighted by Gasteiger charge is 2.29. The van der Waals surface area contributed by atoms with E-state index in [1.54, 1.807) is 11.0 Å². The fourth-order valence-electron chi connectivity index (χ4n) is 5.35. The number of hydrogen-bond donors (Lipinski definition) is 1. The van der Waals surface area contributed by atoms with E-state index in [0.717, 1.165) is 33.6 Å². The van der Waals surface area contributed by atoms with Crippen LogP contribution in [-0.4, -0.2) is 85.1 Å². The van der Waals surface area contributed by atoms with Crippen LogP contribution in [0.5, 0.6) is 17.2 Å². The zero-order valence-corrected chi connectivity index (χ0v) is 25.9. The van der Waals surface area contributed by atoms with E-state index in [1.165, 1.54) is 39.5 Å². The van der Waals surface area contributed by atoms with Gasteiger partial charge in [0.15, 0.2) is 5.82 Å². The largest absolute Gasteiger partial charge is 0.497 e. The van der Waals surface area contributed by atoms with Crippen molar-refractivity contribution in [1.29, 1.82) is 0 Å². The summed E-state index contributed by atoms with van der Waals surface area (Å²) in [6, 6.07) is 9.36. The van der Waals surface area contributed by atoms with Crippen LogP contribution < -0.4 is 30.0 Å². The number of nitrogens with one attached hydrogen (secondary N) is 1. The molecular formula is C31H30F6N6O5. The molecule has 17 heteroatoms. The maximum absolute atomic E-state index is 15.5. The Labute approximate surface area is 269 Å². The van der Waals surface area contributed by atoms with Crippen molar-refractivity contribution in [1.82, 2.24) is 19.2 Å². The number of methoxy groups -OCH3 is 2. The molecule has 0 bridgehead atoms. The van der Waals surface area contributed by atoms with Crippen LogP contribution in [0, 0.1) is 11.6 Å². The molecule has 0 radical (unpaired) electrons. The molecule has 256 valence electrons. The van der Waals surface area contributed by atoms with Crippen molar-refractivity contribution < 1.29 is 45.3 Å². The lowest BCUT2D eigenvalue weighted by Crippen LogP contribution is -2.48. The minimum Gasteiger partial charge on any atom is -0.497 e. The third-order valence-corrected chi connectivity index (χ3v) is 7.65. The third kappa shape index (κ3) is 7.20. The summed E-state index contributed by atoms with van der Waals surface area (Å²) >= 11 is 0. The highest BCUT2D eigenvalue weighted by molar-refractivity contribution is 6.06. The number of anilines is 2. The fourth-order valence-corrected chi connectivity index (χ4v) is 5.35. The van der Waals surface area contributed by atoms with E-state index in [-0.39, 0.29) is 40.9 Å². The van der Waals surface area contributed by atoms with E-state index in [0.29, 0.717) is 32.0 Å². The molecule has 2 aromatic heterocycles. The molecule has 0 unspecified atom stereocenters. The van der Waals surface area contributed by atoms with Crippen LogP contribution in [0.4, 0.5) is 37.8 Å². The number of piperazine rings is 1. The first-order chi connectivity index (χ1) is 22.9. The van der Waals surface area contributed by atoms with Crippen molar-refractivity contribution in [3.63, 3.8) is 0 Å². The lowest BCUT2D eigenvalue weighted by molar-refractivity contribution is -0.0498. The Bertz CT molecular complexity index is 1820. The summed E-state index contributed by atoms with van der Waals surface area (Å²) in [5, 5.41) is 2.41. The van der Waals surface area contributed by atoms with Gasteiger partial charge >= 0.3 is 6.61 Å². The van der Waals surface area contributed by atoms with Gasteiger partial charge in [-0.15, -0.1) is 0 Å². The number of nitrogens with zero attached hydrogens (tertiary/aromatic N) is 5. The molecule has 0 aliphatic carbocycles. The summed E-state index contributed by atoms with van der Waals surface area (Å²) in [4.78, 5) is 35.4. The van der Waals surface area contributed by atoms with Crippen LogP contribution in [0.25, 0.3) is 17.1 Å². The molecule has 1 amide bonds. The van der Waals surface area contributed by atoms with Crippen LogP contribution in [0.3, 0.4) is 0 Å². The summed E-state index contributed by atoms with van der Waals surface area (Å²) < 4.78 is 98.8. The maximum atomic E-state index is 15.5. The Kier molecular flexibility index (Phi) is 10.2. The molecule has 0 spiro atoms. The van der Waals surface area contributed by atoms with E-state index in [4.69, 9.17) is 9.47 Å². The molecule has 1 fully saturated rings. The van der Waals surface area contributed by atoms with Gasteiger partial charge in [-0.1, -0.05) is 0 Å². The standard InChI is InChI=1S/C31H30F6N6O5/c1-40-28(26-21(32)12-19(46-2)13-22(26)33)27(39-29(44)17-4-6-18(7-5-17)48-31(36)37)30(45)43(40)25-15-20(47-3)14-24(38-25)42-10-8-41(9-11-42)16-23(34)35/h4-7,12-15,23,31H,8-11,16H2,1-3H3,(H,39,44). The molecule has 48 heavy (non-hydrogen) atoms. The van der Waals surface area contributed by atoms with Crippen molar-refractivity contribution in [2.45, 2.75) is 13.0 Å². The number of hydrogen-bond acceptors (Lipinski definition) is 8. The third-order valence-electron chi connectivity index (χ3n) is 7.65. The molecule has 1 saturated heterocycles. The maximum Gasteiger partial charge on any atom is 0.387 e. The molecule has 5 rings (SSSR count). The van der Waals surface area contributed by atoms with Gasteiger partial charge in [0, 0.05) is 63.1 Å². The SMILES string of the molecule is COc1cc(N2CCN(CC(F)F)CC2)nc(-n2c(=O)c(NC(=O)c3ccc(OC(F)F)cc3)c(-c3c(F)cc(OC)cc3F)n2C)c1. The molecular weight excluding hydrogens is 650 g/mol. The van der Waals surface area contributed by atoms with Gasteiger partial charge in [-0.3, -0.25) is 19.2 Å². The Morgan fingerprint density at radius 3 is 2.02 bits per heavy atom. The second-order valence-electron chi connectivity index (χ2n) is 10.6. The topological polar surface area (TPSA) is 103 Å². The number of pyridine rings is 1. The second-order valence-corrected chi connectivity index (χ2v) is 10.6. The predicted octanol–water partition coefficient (Wildman–Crippen LogP) is 4.77. The Hall–Kier alpha value is -5.19. The molecule has 4 aromatic rings. The van der Waals surface area contributed by atoms with E-state index in [1.807, 2.05) is 4.90 Å². The van der Waals surface area contributed by atoms with E-state index in [2.05, 4.69) is 15.0 Å². The first-order valence-electron chi connectivity index (χ1n) is 14.4. The zero-order chi connectivity index (χ0) is 34.7. The quantitative estimate of drug-likeness (QED) is 0.226. The summed E-state index contributed by atoms with van der Waals surface area (Å²) in [6.07, 6.45) is -2.48. The van der Waals surface area contributed by atoms with E-state index >= 15 is 8.78 Å². The van der Waals surface area contributed by atoms with E-state index in [9.17, 15) is 27.2 Å². The average molecular weight is 681 g/mol. The molecule has 11 nitrogen and oxygen atoms in total. The number of aromatic nitrogens is 3. The molecule has 2 aromatic carbocycles. The summed E-state index contributed by atoms with van der Waals surface area (Å²) in [7, 11) is 3.93. The first-order valence-corrected chi connectivity index (χ1v) is 14.4. The van der Waals surface area contributed by atoms with E-state index < -0.39 is 47.4 Å². The van der Waals surface area contributed by atoms with Gasteiger partial charge in [0.2, 0.25) is 0 Å². The Morgan fingerprint density at radius 1 is 0.875 bits per heavy atom. The lowest BCUT2D eigenvalue weighted by Gasteiger charge is -2.35. The molecule has 1 aliphatic rings. The van der Waals surface area contributed by atoms with Gasteiger partial charge in [-0.25, -0.2) is 22.5 Å². The van der Waals surface area contributed by atoms with Gasteiger partial charge in [0.1, 0.15) is 46.1 Å². The Balaban J connectivity index is 1.61. The van der Waals surface area contributed by atoms with Gasteiger partial charge in [0.25, 0.3) is 17.9 Å². The number of halogens is 6. The van der Waals surface area contributed by atoms with Crippen molar-refractivity contribution in [2.75, 3.05) is 57.2 Å². The molecule has 0 atom stereocenters. The predicted molar refractivity (Wildman–Crippen MR) is 163 cm³/mol. The number of amides is 1. The van der Waals surface area contributed by atoms with Gasteiger partial charge in [0.05, 0.1) is 26.3 Å². The smallest absolute Gasteiger partial charge is 0.387 e. The average Bonchev–Trinajstić information content (AvgIpc) is 3.28. The minimum atomic E-state index is -3.09. The van der Waals surface area contributed by atoms with Gasteiger partial charge in [-0.2, -0.15) is 13.5 Å².